The predicted octanol–water partition coefficient (Wildman–Crippen LogP) is 4.64. The van der Waals surface area contributed by atoms with Gasteiger partial charge in [0.05, 0.1) is 48.5 Å². The number of fused-ring (bicyclic) bond motifs is 2. The van der Waals surface area contributed by atoms with Crippen molar-refractivity contribution < 1.29 is 19.1 Å². The summed E-state index contributed by atoms with van der Waals surface area (Å²) >= 11 is 0. The fraction of sp³-hybridized carbons (Fsp3) is 0.214. The molecule has 0 saturated heterocycles. The van der Waals surface area contributed by atoms with E-state index in [1.807, 2.05) is 72.8 Å². The Balaban J connectivity index is 1.68. The Morgan fingerprint density at radius 3 is 1.41 bits per heavy atom. The average molecular weight is 453 g/mol. The van der Waals surface area contributed by atoms with E-state index in [1.165, 1.54) is 14.2 Å². The Morgan fingerprint density at radius 1 is 0.676 bits per heavy atom. The first-order valence-electron chi connectivity index (χ1n) is 11.2. The van der Waals surface area contributed by atoms with Gasteiger partial charge in [0.15, 0.2) is 0 Å². The molecule has 1 aromatic heterocycles. The van der Waals surface area contributed by atoms with Gasteiger partial charge in [0.2, 0.25) is 0 Å². The molecule has 0 bridgehead atoms. The van der Waals surface area contributed by atoms with Crippen LogP contribution in [0.3, 0.4) is 0 Å². The normalized spacial score (nSPS) is 17.1. The smallest absolute Gasteiger partial charge is 0.309 e. The minimum absolute atomic E-state index is 0.389. The molecule has 4 aromatic rings. The molecule has 5 rings (SSSR count). The van der Waals surface area contributed by atoms with E-state index < -0.39 is 23.8 Å². The Kier molecular flexibility index (Phi) is 5.80. The Bertz CT molecular complexity index is 1260. The highest BCUT2D eigenvalue weighted by Crippen LogP contribution is 2.36. The van der Waals surface area contributed by atoms with Crippen LogP contribution in [-0.2, 0) is 31.9 Å². The highest BCUT2D eigenvalue weighted by atomic mass is 16.5. The molecule has 6 nitrogen and oxygen atoms in total. The Labute approximate surface area is 197 Å². The minimum Gasteiger partial charge on any atom is -0.469 e. The number of hydrogen-bond donors (Lipinski definition) is 0. The van der Waals surface area contributed by atoms with E-state index in [0.29, 0.717) is 12.8 Å². The van der Waals surface area contributed by atoms with Gasteiger partial charge in [-0.2, -0.15) is 0 Å². The van der Waals surface area contributed by atoms with Gasteiger partial charge in [-0.3, -0.25) is 9.59 Å². The maximum absolute atomic E-state index is 12.5. The Morgan fingerprint density at radius 2 is 1.06 bits per heavy atom. The molecule has 0 radical (unpaired) electrons. The van der Waals surface area contributed by atoms with Gasteiger partial charge >= 0.3 is 11.9 Å². The molecular formula is C28H24N2O4. The van der Waals surface area contributed by atoms with Gasteiger partial charge in [0.25, 0.3) is 0 Å². The maximum Gasteiger partial charge on any atom is 0.309 e. The van der Waals surface area contributed by atoms with Crippen molar-refractivity contribution in [2.45, 2.75) is 12.8 Å². The van der Waals surface area contributed by atoms with Crippen molar-refractivity contribution in [1.29, 1.82) is 0 Å². The van der Waals surface area contributed by atoms with Gasteiger partial charge in [0.1, 0.15) is 0 Å². The van der Waals surface area contributed by atoms with Crippen LogP contribution in [-0.4, -0.2) is 36.1 Å². The quantitative estimate of drug-likeness (QED) is 0.420. The van der Waals surface area contributed by atoms with Crippen molar-refractivity contribution in [3.8, 4) is 22.5 Å². The van der Waals surface area contributed by atoms with E-state index in [2.05, 4.69) is 0 Å². The zero-order valence-corrected chi connectivity index (χ0v) is 19.0. The lowest BCUT2D eigenvalue weighted by Gasteiger charge is -2.29. The standard InChI is InChI=1S/C28H24N2O4/c1-33-27(31)21-13-19-15-23-24(16-20(19)14-22(21)28(32)34-2)30-26(18-11-7-4-8-12-18)25(29-23)17-9-5-3-6-10-17/h3-12,15-16,21-22H,13-14H2,1-2H3/t21-,22+. The topological polar surface area (TPSA) is 78.4 Å². The minimum atomic E-state index is -0.590. The van der Waals surface area contributed by atoms with Crippen LogP contribution in [0.5, 0.6) is 0 Å². The van der Waals surface area contributed by atoms with Crippen molar-refractivity contribution in [2.24, 2.45) is 11.8 Å². The Hall–Kier alpha value is -4.06. The second-order valence-electron chi connectivity index (χ2n) is 8.43. The molecular weight excluding hydrogens is 428 g/mol. The molecule has 3 aromatic carbocycles. The van der Waals surface area contributed by atoms with Crippen LogP contribution >= 0.6 is 0 Å². The summed E-state index contributed by atoms with van der Waals surface area (Å²) in [4.78, 5) is 34.9. The molecule has 34 heavy (non-hydrogen) atoms. The van der Waals surface area contributed by atoms with E-state index in [9.17, 15) is 9.59 Å². The van der Waals surface area contributed by atoms with Crippen LogP contribution in [0.4, 0.5) is 0 Å². The van der Waals surface area contributed by atoms with Gasteiger partial charge in [-0.25, -0.2) is 9.97 Å². The van der Waals surface area contributed by atoms with Crippen molar-refractivity contribution in [1.82, 2.24) is 9.97 Å². The van der Waals surface area contributed by atoms with Crippen LogP contribution < -0.4 is 0 Å². The van der Waals surface area contributed by atoms with Crippen LogP contribution in [0.25, 0.3) is 33.5 Å². The lowest BCUT2D eigenvalue weighted by Crippen LogP contribution is -2.38. The van der Waals surface area contributed by atoms with E-state index in [4.69, 9.17) is 19.4 Å². The van der Waals surface area contributed by atoms with E-state index >= 15 is 0 Å². The third kappa shape index (κ3) is 3.92. The molecule has 0 N–H and O–H groups in total. The third-order valence-electron chi connectivity index (χ3n) is 6.45. The lowest BCUT2D eigenvalue weighted by atomic mass is 9.75. The number of hydrogen-bond acceptors (Lipinski definition) is 6. The number of rotatable bonds is 4. The van der Waals surface area contributed by atoms with Crippen molar-refractivity contribution in [3.63, 3.8) is 0 Å². The second-order valence-corrected chi connectivity index (χ2v) is 8.43. The summed E-state index contributed by atoms with van der Waals surface area (Å²) in [7, 11) is 2.69. The zero-order valence-electron chi connectivity index (χ0n) is 19.0. The van der Waals surface area contributed by atoms with Crippen LogP contribution in [0.15, 0.2) is 72.8 Å². The molecule has 0 aliphatic heterocycles. The van der Waals surface area contributed by atoms with Crippen molar-refractivity contribution in [2.75, 3.05) is 14.2 Å². The summed E-state index contributed by atoms with van der Waals surface area (Å²) < 4.78 is 9.97. The number of carbonyl (C=O) groups excluding carboxylic acids is 2. The summed E-state index contributed by atoms with van der Waals surface area (Å²) in [5.74, 6) is -1.99. The third-order valence-corrected chi connectivity index (χ3v) is 6.45. The largest absolute Gasteiger partial charge is 0.469 e. The highest BCUT2D eigenvalue weighted by molar-refractivity contribution is 5.88. The van der Waals surface area contributed by atoms with Gasteiger partial charge in [-0.1, -0.05) is 60.7 Å². The van der Waals surface area contributed by atoms with Crippen LogP contribution in [0.1, 0.15) is 11.1 Å². The van der Waals surface area contributed by atoms with E-state index in [-0.39, 0.29) is 0 Å². The first-order chi connectivity index (χ1) is 16.6. The van der Waals surface area contributed by atoms with Crippen molar-refractivity contribution >= 4 is 23.0 Å². The number of ether oxygens (including phenoxy) is 2. The second kappa shape index (κ2) is 9.06. The molecule has 1 aliphatic carbocycles. The summed E-state index contributed by atoms with van der Waals surface area (Å²) in [6, 6.07) is 23.9. The number of benzene rings is 3. The lowest BCUT2D eigenvalue weighted by molar-refractivity contribution is -0.158. The van der Waals surface area contributed by atoms with Crippen LogP contribution in [0, 0.1) is 11.8 Å². The predicted molar refractivity (Wildman–Crippen MR) is 129 cm³/mol. The summed E-state index contributed by atoms with van der Waals surface area (Å²) in [5.41, 5.74) is 7.00. The zero-order chi connectivity index (χ0) is 23.7. The fourth-order valence-corrected chi connectivity index (χ4v) is 4.72. The molecule has 0 saturated carbocycles. The van der Waals surface area contributed by atoms with Gasteiger partial charge < -0.3 is 9.47 Å². The first kappa shape index (κ1) is 21.8. The maximum atomic E-state index is 12.5. The molecule has 1 aliphatic rings. The van der Waals surface area contributed by atoms with Crippen LogP contribution in [0.2, 0.25) is 0 Å². The first-order valence-corrected chi connectivity index (χ1v) is 11.2. The molecule has 6 heteroatoms. The SMILES string of the molecule is COC(=O)[C@H]1Cc2cc3nc(-c4ccccc4)c(-c4ccccc4)nc3cc2C[C@H]1C(=O)OC. The summed E-state index contributed by atoms with van der Waals surface area (Å²) in [6.45, 7) is 0. The van der Waals surface area contributed by atoms with Gasteiger partial charge in [0, 0.05) is 11.1 Å². The van der Waals surface area contributed by atoms with Gasteiger partial charge in [-0.15, -0.1) is 0 Å². The highest BCUT2D eigenvalue weighted by Gasteiger charge is 2.39. The number of nitrogens with zero attached hydrogens (tertiary/aromatic N) is 2. The number of methoxy groups -OCH3 is 2. The summed E-state index contributed by atoms with van der Waals surface area (Å²) in [6.07, 6.45) is 0.779. The summed E-state index contributed by atoms with van der Waals surface area (Å²) in [5, 5.41) is 0. The molecule has 1 heterocycles. The monoisotopic (exact) mass is 452 g/mol. The van der Waals surface area contributed by atoms with Gasteiger partial charge in [-0.05, 0) is 36.1 Å². The average Bonchev–Trinajstić information content (AvgIpc) is 2.90. The number of carbonyl (C=O) groups is 2. The molecule has 0 unspecified atom stereocenters. The van der Waals surface area contributed by atoms with Crippen molar-refractivity contribution in [3.05, 3.63) is 83.9 Å². The molecule has 0 fully saturated rings. The van der Waals surface area contributed by atoms with E-state index in [0.717, 1.165) is 44.7 Å². The molecule has 0 amide bonds. The molecule has 2 atom stereocenters. The number of aromatic nitrogens is 2. The molecule has 0 spiro atoms. The fourth-order valence-electron chi connectivity index (χ4n) is 4.72. The van der Waals surface area contributed by atoms with E-state index in [1.54, 1.807) is 0 Å². The number of esters is 2. The molecule has 170 valence electrons.